The number of ketones is 1. The lowest BCUT2D eigenvalue weighted by atomic mass is 9.94. The number of carbonyl (C=O) groups excluding carboxylic acids is 2. The number of Topliss-reactive ketones (excluding diaryl/α,β-unsaturated/α-hetero) is 1. The molecule has 1 saturated heterocycles. The van der Waals surface area contributed by atoms with E-state index < -0.39 is 17.7 Å². The maximum Gasteiger partial charge on any atom is 0.295 e. The van der Waals surface area contributed by atoms with E-state index in [1.807, 2.05) is 29.8 Å². The monoisotopic (exact) mass is 491 g/mol. The number of imidazole rings is 1. The van der Waals surface area contributed by atoms with Crippen LogP contribution >= 0.6 is 0 Å². The van der Waals surface area contributed by atoms with E-state index in [1.165, 1.54) is 26.2 Å². The molecule has 0 radical (unpaired) electrons. The van der Waals surface area contributed by atoms with Gasteiger partial charge in [-0.2, -0.15) is 0 Å². The number of methoxy groups -OCH3 is 3. The molecule has 1 aliphatic rings. The predicted molar refractivity (Wildman–Crippen MR) is 133 cm³/mol. The van der Waals surface area contributed by atoms with Crippen LogP contribution in [0.15, 0.2) is 60.7 Å². The molecule has 1 aliphatic heterocycles. The third kappa shape index (κ3) is 4.64. The zero-order valence-corrected chi connectivity index (χ0v) is 20.7. The molecule has 4 rings (SSSR count). The Morgan fingerprint density at radius 1 is 1.00 bits per heavy atom. The lowest BCUT2D eigenvalue weighted by molar-refractivity contribution is -0.139. The molecule has 2 heterocycles. The summed E-state index contributed by atoms with van der Waals surface area (Å²) in [6.45, 7) is 2.83. The smallest absolute Gasteiger partial charge is 0.295 e. The number of aromatic nitrogens is 2. The average molecular weight is 492 g/mol. The van der Waals surface area contributed by atoms with Crippen molar-refractivity contribution in [3.63, 3.8) is 0 Å². The van der Waals surface area contributed by atoms with Gasteiger partial charge in [0.25, 0.3) is 11.7 Å². The Morgan fingerprint density at radius 3 is 2.22 bits per heavy atom. The van der Waals surface area contributed by atoms with Crippen molar-refractivity contribution in [2.45, 2.75) is 25.9 Å². The third-order valence-corrected chi connectivity index (χ3v) is 6.24. The first-order chi connectivity index (χ1) is 17.4. The second-order valence-corrected chi connectivity index (χ2v) is 8.47. The van der Waals surface area contributed by atoms with Crippen molar-refractivity contribution in [1.29, 1.82) is 0 Å². The van der Waals surface area contributed by atoms with E-state index in [0.29, 0.717) is 41.3 Å². The van der Waals surface area contributed by atoms with Gasteiger partial charge in [0.05, 0.1) is 39.3 Å². The SMILES string of the molecule is COc1cc([C@@H]2C(=C(O)c3ccc(C)cc3)C(=O)C(=O)N2CCCn2ccnc2)cc(OC)c1OC. The van der Waals surface area contributed by atoms with Crippen LogP contribution in [-0.2, 0) is 16.1 Å². The first-order valence-electron chi connectivity index (χ1n) is 11.5. The van der Waals surface area contributed by atoms with Crippen LogP contribution in [0.5, 0.6) is 17.2 Å². The first kappa shape index (κ1) is 24.8. The summed E-state index contributed by atoms with van der Waals surface area (Å²) in [6.07, 6.45) is 5.79. The standard InChI is InChI=1S/C27H29N3O6/c1-17-6-8-18(9-7-17)24(31)22-23(19-14-20(34-2)26(36-4)21(15-19)35-3)30(27(33)25(22)32)12-5-11-29-13-10-28-16-29/h6-10,13-16,23,31H,5,11-12H2,1-4H3/t23-/m1/s1. The number of nitrogens with zero attached hydrogens (tertiary/aromatic N) is 3. The van der Waals surface area contributed by atoms with E-state index in [9.17, 15) is 14.7 Å². The van der Waals surface area contributed by atoms with E-state index in [1.54, 1.807) is 36.8 Å². The van der Waals surface area contributed by atoms with E-state index in [-0.39, 0.29) is 17.9 Å². The summed E-state index contributed by atoms with van der Waals surface area (Å²) < 4.78 is 18.4. The number of carbonyl (C=O) groups is 2. The first-order valence-corrected chi connectivity index (χ1v) is 11.5. The summed E-state index contributed by atoms with van der Waals surface area (Å²) in [5.41, 5.74) is 2.03. The molecule has 2 aromatic carbocycles. The minimum absolute atomic E-state index is 0.0146. The molecule has 1 fully saturated rings. The lowest BCUT2D eigenvalue weighted by Gasteiger charge is -2.26. The van der Waals surface area contributed by atoms with Gasteiger partial charge in [-0.25, -0.2) is 4.98 Å². The van der Waals surface area contributed by atoms with E-state index in [0.717, 1.165) is 5.56 Å². The third-order valence-electron chi connectivity index (χ3n) is 6.24. The molecule has 0 saturated carbocycles. The van der Waals surface area contributed by atoms with Gasteiger partial charge in [-0.1, -0.05) is 29.8 Å². The number of likely N-dealkylation sites (tertiary alicyclic amines) is 1. The molecule has 188 valence electrons. The van der Waals surface area contributed by atoms with Crippen molar-refractivity contribution in [3.05, 3.63) is 77.4 Å². The van der Waals surface area contributed by atoms with Gasteiger partial charge < -0.3 is 28.8 Å². The van der Waals surface area contributed by atoms with Crippen LogP contribution in [-0.4, -0.2) is 59.1 Å². The van der Waals surface area contributed by atoms with Gasteiger partial charge in [0.1, 0.15) is 5.76 Å². The highest BCUT2D eigenvalue weighted by molar-refractivity contribution is 6.46. The van der Waals surface area contributed by atoms with Crippen molar-refractivity contribution in [2.75, 3.05) is 27.9 Å². The Hall–Kier alpha value is -4.27. The van der Waals surface area contributed by atoms with E-state index in [2.05, 4.69) is 4.98 Å². The van der Waals surface area contributed by atoms with Gasteiger partial charge in [0.15, 0.2) is 11.5 Å². The Labute approximate surface area is 209 Å². The zero-order valence-electron chi connectivity index (χ0n) is 20.7. The van der Waals surface area contributed by atoms with Gasteiger partial charge in [0.2, 0.25) is 5.75 Å². The van der Waals surface area contributed by atoms with Crippen LogP contribution in [0.3, 0.4) is 0 Å². The number of hydrogen-bond acceptors (Lipinski definition) is 7. The highest BCUT2D eigenvalue weighted by Crippen LogP contribution is 2.45. The summed E-state index contributed by atoms with van der Waals surface area (Å²) >= 11 is 0. The molecule has 0 aliphatic carbocycles. The Balaban J connectivity index is 1.83. The van der Waals surface area contributed by atoms with Gasteiger partial charge in [-0.05, 0) is 31.0 Å². The molecule has 0 unspecified atom stereocenters. The molecule has 0 spiro atoms. The maximum absolute atomic E-state index is 13.3. The fourth-order valence-electron chi connectivity index (χ4n) is 4.43. The van der Waals surface area contributed by atoms with Gasteiger partial charge in [-0.15, -0.1) is 0 Å². The van der Waals surface area contributed by atoms with Crippen molar-refractivity contribution in [1.82, 2.24) is 14.5 Å². The Morgan fingerprint density at radius 2 is 1.67 bits per heavy atom. The van der Waals surface area contributed by atoms with E-state index >= 15 is 0 Å². The van der Waals surface area contributed by atoms with E-state index in [4.69, 9.17) is 14.2 Å². The highest BCUT2D eigenvalue weighted by atomic mass is 16.5. The number of aliphatic hydroxyl groups is 1. The molecule has 36 heavy (non-hydrogen) atoms. The minimum atomic E-state index is -0.845. The van der Waals surface area contributed by atoms with Crippen LogP contribution in [0.1, 0.15) is 29.2 Å². The average Bonchev–Trinajstić information content (AvgIpc) is 3.50. The molecular formula is C27H29N3O6. The number of ether oxygens (including phenoxy) is 3. The largest absolute Gasteiger partial charge is 0.507 e. The van der Waals surface area contributed by atoms with Crippen LogP contribution in [0.2, 0.25) is 0 Å². The van der Waals surface area contributed by atoms with Crippen molar-refractivity contribution in [3.8, 4) is 17.2 Å². The number of aliphatic hydroxyl groups excluding tert-OH is 1. The second-order valence-electron chi connectivity index (χ2n) is 8.47. The maximum atomic E-state index is 13.3. The molecule has 3 aromatic rings. The summed E-state index contributed by atoms with van der Waals surface area (Å²) in [4.78, 5) is 32.1. The van der Waals surface area contributed by atoms with Crippen LogP contribution < -0.4 is 14.2 Å². The molecule has 0 bridgehead atoms. The molecule has 9 nitrogen and oxygen atoms in total. The molecular weight excluding hydrogens is 462 g/mol. The Kier molecular flexibility index (Phi) is 7.28. The zero-order chi connectivity index (χ0) is 25.8. The normalized spacial score (nSPS) is 16.9. The van der Waals surface area contributed by atoms with Gasteiger partial charge in [-0.3, -0.25) is 9.59 Å². The van der Waals surface area contributed by atoms with Crippen LogP contribution in [0, 0.1) is 6.92 Å². The lowest BCUT2D eigenvalue weighted by Crippen LogP contribution is -2.31. The fourth-order valence-corrected chi connectivity index (χ4v) is 4.43. The van der Waals surface area contributed by atoms with Gasteiger partial charge >= 0.3 is 0 Å². The second kappa shape index (κ2) is 10.6. The summed E-state index contributed by atoms with van der Waals surface area (Å²) in [5, 5.41) is 11.3. The number of benzene rings is 2. The van der Waals surface area contributed by atoms with Crippen molar-refractivity contribution < 1.29 is 28.9 Å². The molecule has 1 amide bonds. The predicted octanol–water partition coefficient (Wildman–Crippen LogP) is 3.73. The molecule has 1 aromatic heterocycles. The van der Waals surface area contributed by atoms with Crippen LogP contribution in [0.25, 0.3) is 5.76 Å². The quantitative estimate of drug-likeness (QED) is 0.276. The van der Waals surface area contributed by atoms with Crippen LogP contribution in [0.4, 0.5) is 0 Å². The van der Waals surface area contributed by atoms with Crippen molar-refractivity contribution in [2.24, 2.45) is 0 Å². The summed E-state index contributed by atoms with van der Waals surface area (Å²) in [7, 11) is 4.49. The number of hydrogen-bond donors (Lipinski definition) is 1. The Bertz CT molecular complexity index is 1260. The highest BCUT2D eigenvalue weighted by Gasteiger charge is 2.46. The van der Waals surface area contributed by atoms with Gasteiger partial charge in [0, 0.05) is 31.0 Å². The number of aryl methyl sites for hydroxylation is 2. The number of amides is 1. The molecule has 9 heteroatoms. The molecule has 1 atom stereocenters. The summed E-state index contributed by atoms with van der Waals surface area (Å²) in [5.74, 6) is -0.497. The fraction of sp³-hybridized carbons (Fsp3) is 0.296. The topological polar surface area (TPSA) is 103 Å². The minimum Gasteiger partial charge on any atom is -0.507 e. The number of rotatable bonds is 9. The van der Waals surface area contributed by atoms with Crippen molar-refractivity contribution >= 4 is 17.4 Å². The molecule has 1 N–H and O–H groups in total. The summed E-state index contributed by atoms with van der Waals surface area (Å²) in [6, 6.07) is 9.68.